The van der Waals surface area contributed by atoms with Gasteiger partial charge >= 0.3 is 0 Å². The fourth-order valence-corrected chi connectivity index (χ4v) is 1.51. The SMILES string of the molecule is C=CCN(CC=C)C(=S)C[C@H](O)CCO. The summed E-state index contributed by atoms with van der Waals surface area (Å²) in [5.74, 6) is 0. The molecule has 15 heavy (non-hydrogen) atoms. The topological polar surface area (TPSA) is 43.7 Å². The molecule has 0 unspecified atom stereocenters. The van der Waals surface area contributed by atoms with E-state index in [-0.39, 0.29) is 6.61 Å². The minimum atomic E-state index is -0.570. The fraction of sp³-hybridized carbons (Fsp3) is 0.545. The Labute approximate surface area is 96.7 Å². The van der Waals surface area contributed by atoms with Crippen LogP contribution in [0, 0.1) is 0 Å². The quantitative estimate of drug-likeness (QED) is 0.483. The van der Waals surface area contributed by atoms with Crippen molar-refractivity contribution in [3.63, 3.8) is 0 Å². The Kier molecular flexibility index (Phi) is 8.18. The summed E-state index contributed by atoms with van der Waals surface area (Å²) in [6, 6.07) is 0. The van der Waals surface area contributed by atoms with E-state index >= 15 is 0 Å². The van der Waals surface area contributed by atoms with Crippen molar-refractivity contribution in [2.75, 3.05) is 19.7 Å². The highest BCUT2D eigenvalue weighted by Gasteiger charge is 2.11. The van der Waals surface area contributed by atoms with E-state index in [1.165, 1.54) is 0 Å². The Morgan fingerprint density at radius 2 is 1.87 bits per heavy atom. The Morgan fingerprint density at radius 1 is 1.33 bits per heavy atom. The molecular formula is C11H19NO2S. The molecule has 0 saturated carbocycles. The molecule has 0 aliphatic rings. The van der Waals surface area contributed by atoms with Crippen molar-refractivity contribution in [1.82, 2.24) is 4.90 Å². The maximum Gasteiger partial charge on any atom is 0.0810 e. The van der Waals surface area contributed by atoms with E-state index in [1.807, 2.05) is 4.90 Å². The van der Waals surface area contributed by atoms with Crippen LogP contribution < -0.4 is 0 Å². The third-order valence-corrected chi connectivity index (χ3v) is 2.35. The monoisotopic (exact) mass is 229 g/mol. The molecule has 0 heterocycles. The van der Waals surface area contributed by atoms with Gasteiger partial charge in [0.25, 0.3) is 0 Å². The highest BCUT2D eigenvalue weighted by atomic mass is 32.1. The van der Waals surface area contributed by atoms with Gasteiger partial charge in [-0.2, -0.15) is 0 Å². The van der Waals surface area contributed by atoms with Gasteiger partial charge in [0.15, 0.2) is 0 Å². The third-order valence-electron chi connectivity index (χ3n) is 1.92. The smallest absolute Gasteiger partial charge is 0.0810 e. The second-order valence-electron chi connectivity index (χ2n) is 3.25. The van der Waals surface area contributed by atoms with Gasteiger partial charge in [0.1, 0.15) is 0 Å². The largest absolute Gasteiger partial charge is 0.396 e. The van der Waals surface area contributed by atoms with Crippen LogP contribution in [0.2, 0.25) is 0 Å². The van der Waals surface area contributed by atoms with Crippen molar-refractivity contribution < 1.29 is 10.2 Å². The van der Waals surface area contributed by atoms with E-state index in [0.717, 1.165) is 0 Å². The molecule has 0 fully saturated rings. The molecule has 0 rings (SSSR count). The first-order valence-corrected chi connectivity index (χ1v) is 5.35. The first-order valence-electron chi connectivity index (χ1n) is 4.94. The predicted molar refractivity (Wildman–Crippen MR) is 66.9 cm³/mol. The Hall–Kier alpha value is -0.710. The lowest BCUT2D eigenvalue weighted by molar-refractivity contribution is 0.137. The molecule has 0 aliphatic carbocycles. The summed E-state index contributed by atoms with van der Waals surface area (Å²) in [6.45, 7) is 8.56. The van der Waals surface area contributed by atoms with Crippen LogP contribution in [-0.2, 0) is 0 Å². The van der Waals surface area contributed by atoms with Gasteiger partial charge in [-0.15, -0.1) is 13.2 Å². The number of aliphatic hydroxyl groups excluding tert-OH is 2. The Balaban J connectivity index is 4.11. The molecule has 2 N–H and O–H groups in total. The van der Waals surface area contributed by atoms with E-state index in [4.69, 9.17) is 17.3 Å². The van der Waals surface area contributed by atoms with Gasteiger partial charge in [0.05, 0.1) is 11.1 Å². The van der Waals surface area contributed by atoms with Crippen LogP contribution in [0.25, 0.3) is 0 Å². The molecule has 0 bridgehead atoms. The standard InChI is InChI=1S/C11H19NO2S/c1-3-6-12(7-4-2)11(15)9-10(14)5-8-13/h3-4,10,13-14H,1-2,5-9H2/t10-/m1/s1. The molecule has 0 spiro atoms. The lowest BCUT2D eigenvalue weighted by Crippen LogP contribution is -2.32. The molecule has 0 aromatic carbocycles. The summed E-state index contributed by atoms with van der Waals surface area (Å²) in [4.78, 5) is 2.59. The lowest BCUT2D eigenvalue weighted by atomic mass is 10.2. The number of aliphatic hydroxyl groups is 2. The third kappa shape index (κ3) is 6.38. The second kappa shape index (κ2) is 8.59. The van der Waals surface area contributed by atoms with Gasteiger partial charge in [-0.3, -0.25) is 0 Å². The minimum Gasteiger partial charge on any atom is -0.396 e. The summed E-state index contributed by atoms with van der Waals surface area (Å²) < 4.78 is 0. The van der Waals surface area contributed by atoms with Gasteiger partial charge < -0.3 is 15.1 Å². The number of thiocarbonyl (C=S) groups is 1. The van der Waals surface area contributed by atoms with Crippen LogP contribution in [0.4, 0.5) is 0 Å². The summed E-state index contributed by atoms with van der Waals surface area (Å²) >= 11 is 5.19. The Morgan fingerprint density at radius 3 is 2.27 bits per heavy atom. The van der Waals surface area contributed by atoms with Crippen LogP contribution in [-0.4, -0.2) is 45.9 Å². The first kappa shape index (κ1) is 14.3. The highest BCUT2D eigenvalue weighted by molar-refractivity contribution is 7.80. The van der Waals surface area contributed by atoms with E-state index in [2.05, 4.69) is 13.2 Å². The summed E-state index contributed by atoms with van der Waals surface area (Å²) in [5, 5.41) is 18.1. The van der Waals surface area contributed by atoms with Crippen molar-refractivity contribution in [1.29, 1.82) is 0 Å². The minimum absolute atomic E-state index is 0.0211. The summed E-state index contributed by atoms with van der Waals surface area (Å²) in [5.41, 5.74) is 0. The van der Waals surface area contributed by atoms with E-state index < -0.39 is 6.10 Å². The van der Waals surface area contributed by atoms with Gasteiger partial charge in [-0.1, -0.05) is 24.4 Å². The van der Waals surface area contributed by atoms with Gasteiger partial charge in [0.2, 0.25) is 0 Å². The van der Waals surface area contributed by atoms with Crippen molar-refractivity contribution in [3.05, 3.63) is 25.3 Å². The molecule has 4 heteroatoms. The van der Waals surface area contributed by atoms with E-state index in [0.29, 0.717) is 30.9 Å². The normalized spacial score (nSPS) is 11.9. The van der Waals surface area contributed by atoms with E-state index in [1.54, 1.807) is 12.2 Å². The predicted octanol–water partition coefficient (Wildman–Crippen LogP) is 1.12. The highest BCUT2D eigenvalue weighted by Crippen LogP contribution is 2.04. The molecule has 0 radical (unpaired) electrons. The molecular weight excluding hydrogens is 210 g/mol. The average molecular weight is 229 g/mol. The van der Waals surface area contributed by atoms with Crippen LogP contribution in [0.5, 0.6) is 0 Å². The van der Waals surface area contributed by atoms with Gasteiger partial charge in [-0.05, 0) is 6.42 Å². The van der Waals surface area contributed by atoms with Gasteiger partial charge in [-0.25, -0.2) is 0 Å². The zero-order valence-electron chi connectivity index (χ0n) is 8.93. The molecule has 0 amide bonds. The molecule has 3 nitrogen and oxygen atoms in total. The number of rotatable bonds is 8. The summed E-state index contributed by atoms with van der Waals surface area (Å²) in [6.07, 6.45) is 3.70. The Bertz CT molecular complexity index is 209. The van der Waals surface area contributed by atoms with Crippen LogP contribution >= 0.6 is 12.2 Å². The molecule has 0 aliphatic heterocycles. The number of hydrogen-bond donors (Lipinski definition) is 2. The molecule has 1 atom stereocenters. The maximum atomic E-state index is 9.48. The zero-order chi connectivity index (χ0) is 11.7. The number of nitrogens with zero attached hydrogens (tertiary/aromatic N) is 1. The average Bonchev–Trinajstić information content (AvgIpc) is 2.17. The molecule has 0 aromatic rings. The van der Waals surface area contributed by atoms with E-state index in [9.17, 15) is 5.11 Å². The molecule has 0 aromatic heterocycles. The molecule has 86 valence electrons. The first-order chi connectivity index (χ1) is 7.15. The van der Waals surface area contributed by atoms with Crippen molar-refractivity contribution in [3.8, 4) is 0 Å². The van der Waals surface area contributed by atoms with Crippen molar-refractivity contribution >= 4 is 17.2 Å². The van der Waals surface area contributed by atoms with Crippen LogP contribution in [0.3, 0.4) is 0 Å². The fourth-order valence-electron chi connectivity index (χ4n) is 1.17. The van der Waals surface area contributed by atoms with Crippen LogP contribution in [0.1, 0.15) is 12.8 Å². The lowest BCUT2D eigenvalue weighted by Gasteiger charge is -2.23. The van der Waals surface area contributed by atoms with Crippen molar-refractivity contribution in [2.45, 2.75) is 18.9 Å². The molecule has 0 saturated heterocycles. The summed E-state index contributed by atoms with van der Waals surface area (Å²) in [7, 11) is 0. The van der Waals surface area contributed by atoms with Crippen molar-refractivity contribution in [2.24, 2.45) is 0 Å². The number of hydrogen-bond acceptors (Lipinski definition) is 3. The zero-order valence-corrected chi connectivity index (χ0v) is 9.75. The second-order valence-corrected chi connectivity index (χ2v) is 3.72. The maximum absolute atomic E-state index is 9.48. The van der Waals surface area contributed by atoms with Crippen LogP contribution in [0.15, 0.2) is 25.3 Å². The van der Waals surface area contributed by atoms with Gasteiger partial charge in [0, 0.05) is 26.1 Å².